The van der Waals surface area contributed by atoms with E-state index in [1.165, 1.54) is 23.1 Å². The second kappa shape index (κ2) is 14.1. The van der Waals surface area contributed by atoms with Gasteiger partial charge in [0.25, 0.3) is 10.0 Å². The summed E-state index contributed by atoms with van der Waals surface area (Å²) >= 11 is 12.9. The fraction of sp³-hybridized carbons (Fsp3) is 0.333. The largest absolute Gasteiger partial charge is 0.486 e. The number of carbonyl (C=O) groups is 2. The number of ether oxygens (including phenoxy) is 2. The molecule has 0 radical (unpaired) electrons. The third-order valence-electron chi connectivity index (χ3n) is 6.81. The van der Waals surface area contributed by atoms with Gasteiger partial charge in [0, 0.05) is 34.8 Å². The van der Waals surface area contributed by atoms with Crippen LogP contribution in [0.15, 0.2) is 71.6 Å². The topological polar surface area (TPSA) is 105 Å². The van der Waals surface area contributed by atoms with Crippen LogP contribution in [-0.4, -0.2) is 57.5 Å². The lowest BCUT2D eigenvalue weighted by Gasteiger charge is -2.32. The Morgan fingerprint density at radius 2 is 1.62 bits per heavy atom. The van der Waals surface area contributed by atoms with Crippen LogP contribution in [0.2, 0.25) is 10.0 Å². The molecule has 12 heteroatoms. The van der Waals surface area contributed by atoms with E-state index >= 15 is 0 Å². The van der Waals surface area contributed by atoms with E-state index in [9.17, 15) is 18.0 Å². The van der Waals surface area contributed by atoms with Gasteiger partial charge in [0.05, 0.1) is 10.6 Å². The van der Waals surface area contributed by atoms with Crippen molar-refractivity contribution in [3.63, 3.8) is 0 Å². The quantitative estimate of drug-likeness (QED) is 0.272. The van der Waals surface area contributed by atoms with Gasteiger partial charge in [-0.05, 0) is 49.7 Å². The summed E-state index contributed by atoms with van der Waals surface area (Å²) in [6, 6.07) is 16.5. The molecule has 0 saturated carbocycles. The van der Waals surface area contributed by atoms with E-state index in [1.54, 1.807) is 55.5 Å². The van der Waals surface area contributed by atoms with Gasteiger partial charge in [-0.1, -0.05) is 60.8 Å². The molecule has 2 amide bonds. The molecule has 9 nitrogen and oxygen atoms in total. The van der Waals surface area contributed by atoms with Gasteiger partial charge in [0.15, 0.2) is 11.5 Å². The number of hydrogen-bond acceptors (Lipinski definition) is 6. The Bertz CT molecular complexity index is 1500. The summed E-state index contributed by atoms with van der Waals surface area (Å²) in [5, 5.41) is 3.49. The first-order valence-corrected chi connectivity index (χ1v) is 15.8. The maximum Gasteiger partial charge on any atom is 0.264 e. The predicted molar refractivity (Wildman–Crippen MR) is 163 cm³/mol. The van der Waals surface area contributed by atoms with Crippen LogP contribution in [0.5, 0.6) is 11.5 Å². The van der Waals surface area contributed by atoms with E-state index in [0.717, 1.165) is 17.1 Å². The van der Waals surface area contributed by atoms with Crippen molar-refractivity contribution < 1.29 is 27.5 Å². The number of unbranched alkanes of at least 4 members (excludes halogenated alkanes) is 1. The highest BCUT2D eigenvalue weighted by Crippen LogP contribution is 2.36. The van der Waals surface area contributed by atoms with Gasteiger partial charge < -0.3 is 19.7 Å². The Hall–Kier alpha value is -3.47. The highest BCUT2D eigenvalue weighted by Gasteiger charge is 2.33. The molecular weight excluding hydrogens is 601 g/mol. The maximum atomic E-state index is 14.1. The van der Waals surface area contributed by atoms with E-state index in [4.69, 9.17) is 32.7 Å². The van der Waals surface area contributed by atoms with Crippen LogP contribution in [0.3, 0.4) is 0 Å². The number of hydrogen-bond donors (Lipinski definition) is 1. The molecule has 3 aromatic rings. The van der Waals surface area contributed by atoms with Crippen LogP contribution in [0.1, 0.15) is 32.3 Å². The van der Waals surface area contributed by atoms with Crippen LogP contribution >= 0.6 is 23.2 Å². The molecule has 0 bridgehead atoms. The van der Waals surface area contributed by atoms with Gasteiger partial charge in [-0.15, -0.1) is 0 Å². The Morgan fingerprint density at radius 1 is 0.952 bits per heavy atom. The van der Waals surface area contributed by atoms with Gasteiger partial charge in [-0.3, -0.25) is 13.9 Å². The number of nitrogens with zero attached hydrogens (tertiary/aromatic N) is 2. The van der Waals surface area contributed by atoms with Crippen LogP contribution < -0.4 is 19.1 Å². The first kappa shape index (κ1) is 31.5. The molecule has 0 spiro atoms. The average Bonchev–Trinajstić information content (AvgIpc) is 2.99. The number of anilines is 1. The zero-order valence-corrected chi connectivity index (χ0v) is 25.7. The normalized spacial score (nSPS) is 13.2. The third-order valence-corrected chi connectivity index (χ3v) is 9.31. The summed E-state index contributed by atoms with van der Waals surface area (Å²) in [5.74, 6) is -0.168. The lowest BCUT2D eigenvalue weighted by Crippen LogP contribution is -2.51. The molecule has 3 aromatic carbocycles. The highest BCUT2D eigenvalue weighted by atomic mass is 35.5. The summed E-state index contributed by atoms with van der Waals surface area (Å²) in [5.41, 5.74) is 0.645. The number of rotatable bonds is 12. The number of sulfonamides is 1. The Labute approximate surface area is 256 Å². The number of fused-ring (bicyclic) bond motifs is 1. The molecule has 0 aromatic heterocycles. The van der Waals surface area contributed by atoms with Crippen LogP contribution in [0.25, 0.3) is 0 Å². The van der Waals surface area contributed by atoms with Crippen molar-refractivity contribution in [2.45, 2.75) is 44.2 Å². The van der Waals surface area contributed by atoms with Gasteiger partial charge in [0.1, 0.15) is 25.8 Å². The van der Waals surface area contributed by atoms with Crippen molar-refractivity contribution in [3.8, 4) is 11.5 Å². The molecule has 0 aliphatic carbocycles. The van der Waals surface area contributed by atoms with Crippen molar-refractivity contribution >= 4 is 50.7 Å². The minimum atomic E-state index is -4.23. The number of benzene rings is 3. The van der Waals surface area contributed by atoms with Gasteiger partial charge in [-0.2, -0.15) is 0 Å². The zero-order chi connectivity index (χ0) is 30.3. The third kappa shape index (κ3) is 7.29. The van der Waals surface area contributed by atoms with Crippen molar-refractivity contribution in [1.82, 2.24) is 10.2 Å². The average molecular weight is 635 g/mol. The molecule has 1 atom stereocenters. The first-order chi connectivity index (χ1) is 20.1. The van der Waals surface area contributed by atoms with E-state index in [1.807, 2.05) is 6.92 Å². The SMILES string of the molecule is CCCCNC(=O)[C@@H](C)N(Cc1c(Cl)cccc1Cl)C(=O)CN(c1ccc2c(c1)OCCO2)S(=O)(=O)c1ccccc1. The number of carbonyl (C=O) groups excluding carboxylic acids is 2. The molecule has 224 valence electrons. The standard InChI is InChI=1S/C30H33Cl2N3O6S/c1-3-4-15-33-30(37)21(2)34(19-24-25(31)11-8-12-26(24)32)29(36)20-35(42(38,39)23-9-6-5-7-10-23)22-13-14-27-28(18-22)41-17-16-40-27/h5-14,18,21H,3-4,15-17,19-20H2,1-2H3,(H,33,37)/t21-/m1/s1. The van der Waals surface area contributed by atoms with Crippen LogP contribution in [0.4, 0.5) is 5.69 Å². The van der Waals surface area contributed by atoms with Crippen molar-refractivity contribution in [2.24, 2.45) is 0 Å². The van der Waals surface area contributed by atoms with E-state index in [2.05, 4.69) is 5.32 Å². The molecule has 1 aliphatic heterocycles. The van der Waals surface area contributed by atoms with E-state index in [0.29, 0.717) is 46.9 Å². The second-order valence-corrected chi connectivity index (χ2v) is 12.4. The van der Waals surface area contributed by atoms with Crippen LogP contribution in [0, 0.1) is 0 Å². The Morgan fingerprint density at radius 3 is 2.29 bits per heavy atom. The highest BCUT2D eigenvalue weighted by molar-refractivity contribution is 7.92. The molecule has 42 heavy (non-hydrogen) atoms. The summed E-state index contributed by atoms with van der Waals surface area (Å²) in [4.78, 5) is 28.5. The summed E-state index contributed by atoms with van der Waals surface area (Å²) < 4.78 is 40.2. The van der Waals surface area contributed by atoms with Crippen molar-refractivity contribution in [2.75, 3.05) is 30.6 Å². The number of nitrogens with one attached hydrogen (secondary N) is 1. The molecular formula is C30H33Cl2N3O6S. The summed E-state index contributed by atoms with van der Waals surface area (Å²) in [6.45, 7) is 3.99. The lowest BCUT2D eigenvalue weighted by atomic mass is 10.1. The maximum absolute atomic E-state index is 14.1. The van der Waals surface area contributed by atoms with Crippen molar-refractivity contribution in [3.05, 3.63) is 82.3 Å². The molecule has 0 fully saturated rings. The molecule has 1 heterocycles. The fourth-order valence-corrected chi connectivity index (χ4v) is 6.35. The second-order valence-electron chi connectivity index (χ2n) is 9.70. The molecule has 4 rings (SSSR count). The van der Waals surface area contributed by atoms with E-state index in [-0.39, 0.29) is 23.0 Å². The minimum Gasteiger partial charge on any atom is -0.486 e. The molecule has 1 aliphatic rings. The summed E-state index contributed by atoms with van der Waals surface area (Å²) in [7, 11) is -4.23. The first-order valence-electron chi connectivity index (χ1n) is 13.6. The van der Waals surface area contributed by atoms with Gasteiger partial charge in [-0.25, -0.2) is 8.42 Å². The Kier molecular flexibility index (Phi) is 10.6. The van der Waals surface area contributed by atoms with Crippen LogP contribution in [-0.2, 0) is 26.2 Å². The fourth-order valence-electron chi connectivity index (χ4n) is 4.41. The lowest BCUT2D eigenvalue weighted by molar-refractivity contribution is -0.139. The van der Waals surface area contributed by atoms with E-state index < -0.39 is 28.5 Å². The predicted octanol–water partition coefficient (Wildman–Crippen LogP) is 5.29. The zero-order valence-electron chi connectivity index (χ0n) is 23.4. The molecule has 0 unspecified atom stereocenters. The van der Waals surface area contributed by atoms with Gasteiger partial charge >= 0.3 is 0 Å². The smallest absolute Gasteiger partial charge is 0.264 e. The molecule has 1 N–H and O–H groups in total. The Balaban J connectivity index is 1.73. The number of amides is 2. The van der Waals surface area contributed by atoms with Crippen molar-refractivity contribution in [1.29, 1.82) is 0 Å². The molecule has 0 saturated heterocycles. The minimum absolute atomic E-state index is 0.00116. The summed E-state index contributed by atoms with van der Waals surface area (Å²) in [6.07, 6.45) is 1.66. The van der Waals surface area contributed by atoms with Gasteiger partial charge in [0.2, 0.25) is 11.8 Å². The monoisotopic (exact) mass is 633 g/mol. The number of halogens is 2.